The minimum absolute atomic E-state index is 0.192. The number of nitrogens with zero attached hydrogens (tertiary/aromatic N) is 1. The van der Waals surface area contributed by atoms with Gasteiger partial charge in [0.1, 0.15) is 0 Å². The first-order chi connectivity index (χ1) is 5.44. The molecule has 0 radical (unpaired) electrons. The molecule has 0 aromatic heterocycles. The van der Waals surface area contributed by atoms with Crippen LogP contribution < -0.4 is 0 Å². The predicted octanol–water partition coefficient (Wildman–Crippen LogP) is 0.397. The molecule has 0 unspecified atom stereocenters. The van der Waals surface area contributed by atoms with Crippen molar-refractivity contribution in [3.63, 3.8) is 0 Å². The summed E-state index contributed by atoms with van der Waals surface area (Å²) in [7, 11) is 0. The number of aliphatic hydroxyl groups excluding tert-OH is 1. The molecule has 1 N–H and O–H groups in total. The molecule has 1 heterocycles. The Morgan fingerprint density at radius 2 is 2.25 bits per heavy atom. The molecule has 0 amide bonds. The standard InChI is InChI=1S/C7H13NO4/c1-7(2,8(10)11)5-3-6(9)12-4-5/h5-6,9H,3-4H2,1-2H3/t5-,6-/m0/s1. The fourth-order valence-corrected chi connectivity index (χ4v) is 1.25. The van der Waals surface area contributed by atoms with Crippen molar-refractivity contribution in [2.75, 3.05) is 6.61 Å². The fraction of sp³-hybridized carbons (Fsp3) is 1.00. The molecule has 0 saturated carbocycles. The number of nitro groups is 1. The van der Waals surface area contributed by atoms with Gasteiger partial charge < -0.3 is 9.84 Å². The van der Waals surface area contributed by atoms with Gasteiger partial charge in [0, 0.05) is 25.2 Å². The number of hydrogen-bond donors (Lipinski definition) is 1. The largest absolute Gasteiger partial charge is 0.368 e. The van der Waals surface area contributed by atoms with Crippen LogP contribution in [0.15, 0.2) is 0 Å². The minimum Gasteiger partial charge on any atom is -0.368 e. The molecule has 1 saturated heterocycles. The molecule has 12 heavy (non-hydrogen) atoms. The van der Waals surface area contributed by atoms with Gasteiger partial charge in [-0.05, 0) is 0 Å². The highest BCUT2D eigenvalue weighted by molar-refractivity contribution is 4.82. The van der Waals surface area contributed by atoms with Crippen molar-refractivity contribution >= 4 is 0 Å². The first-order valence-electron chi connectivity index (χ1n) is 3.88. The summed E-state index contributed by atoms with van der Waals surface area (Å²) >= 11 is 0. The summed E-state index contributed by atoms with van der Waals surface area (Å²) in [5.74, 6) is -0.192. The lowest BCUT2D eigenvalue weighted by Gasteiger charge is -2.20. The zero-order valence-corrected chi connectivity index (χ0v) is 7.19. The highest BCUT2D eigenvalue weighted by Gasteiger charge is 2.45. The van der Waals surface area contributed by atoms with E-state index in [0.717, 1.165) is 0 Å². The molecule has 0 aliphatic carbocycles. The second kappa shape index (κ2) is 2.99. The molecule has 1 aliphatic heterocycles. The molecule has 1 aliphatic rings. The Labute approximate surface area is 70.5 Å². The zero-order valence-electron chi connectivity index (χ0n) is 7.19. The van der Waals surface area contributed by atoms with E-state index in [1.54, 1.807) is 13.8 Å². The van der Waals surface area contributed by atoms with E-state index in [9.17, 15) is 10.1 Å². The lowest BCUT2D eigenvalue weighted by atomic mass is 9.87. The van der Waals surface area contributed by atoms with E-state index in [-0.39, 0.29) is 17.4 Å². The van der Waals surface area contributed by atoms with Crippen molar-refractivity contribution in [1.82, 2.24) is 0 Å². The number of aliphatic hydroxyl groups is 1. The molecule has 1 rings (SSSR count). The lowest BCUT2D eigenvalue weighted by molar-refractivity contribution is -0.571. The van der Waals surface area contributed by atoms with Crippen molar-refractivity contribution in [2.45, 2.75) is 32.1 Å². The van der Waals surface area contributed by atoms with Crippen LogP contribution in [0.25, 0.3) is 0 Å². The topological polar surface area (TPSA) is 72.6 Å². The van der Waals surface area contributed by atoms with Gasteiger partial charge in [-0.2, -0.15) is 0 Å². The Hall–Kier alpha value is -0.680. The van der Waals surface area contributed by atoms with Crippen LogP contribution in [-0.4, -0.2) is 28.5 Å². The Morgan fingerprint density at radius 1 is 1.67 bits per heavy atom. The third-order valence-corrected chi connectivity index (χ3v) is 2.45. The molecule has 5 nitrogen and oxygen atoms in total. The second-order valence-corrected chi connectivity index (χ2v) is 3.63. The fourth-order valence-electron chi connectivity index (χ4n) is 1.25. The summed E-state index contributed by atoms with van der Waals surface area (Å²) in [6, 6.07) is 0. The average Bonchev–Trinajstić information content (AvgIpc) is 2.35. The van der Waals surface area contributed by atoms with Crippen LogP contribution in [-0.2, 0) is 4.74 Å². The predicted molar refractivity (Wildman–Crippen MR) is 41.1 cm³/mol. The first kappa shape index (κ1) is 9.41. The van der Waals surface area contributed by atoms with Gasteiger partial charge in [0.25, 0.3) is 0 Å². The Morgan fingerprint density at radius 3 is 2.58 bits per heavy atom. The first-order valence-corrected chi connectivity index (χ1v) is 3.88. The molecule has 0 spiro atoms. The number of hydrogen-bond acceptors (Lipinski definition) is 4. The van der Waals surface area contributed by atoms with Gasteiger partial charge in [0.15, 0.2) is 6.29 Å². The maximum Gasteiger partial charge on any atom is 0.221 e. The zero-order chi connectivity index (χ0) is 9.35. The molecule has 0 bridgehead atoms. The van der Waals surface area contributed by atoms with Crippen LogP contribution >= 0.6 is 0 Å². The van der Waals surface area contributed by atoms with Crippen molar-refractivity contribution in [1.29, 1.82) is 0 Å². The highest BCUT2D eigenvalue weighted by Crippen LogP contribution is 2.30. The summed E-state index contributed by atoms with van der Waals surface area (Å²) in [6.07, 6.45) is -0.470. The third kappa shape index (κ3) is 1.56. The Kier molecular flexibility index (Phi) is 2.34. The van der Waals surface area contributed by atoms with E-state index in [4.69, 9.17) is 9.84 Å². The molecule has 2 atom stereocenters. The van der Waals surface area contributed by atoms with E-state index in [1.165, 1.54) is 0 Å². The summed E-state index contributed by atoms with van der Waals surface area (Å²) in [5, 5.41) is 19.6. The highest BCUT2D eigenvalue weighted by atomic mass is 16.6. The molecule has 5 heteroatoms. The van der Waals surface area contributed by atoms with Gasteiger partial charge in [-0.25, -0.2) is 0 Å². The van der Waals surface area contributed by atoms with Crippen LogP contribution in [0.4, 0.5) is 0 Å². The Balaban J connectivity index is 2.63. The van der Waals surface area contributed by atoms with Crippen molar-refractivity contribution in [3.05, 3.63) is 10.1 Å². The normalized spacial score (nSPS) is 30.6. The van der Waals surface area contributed by atoms with E-state index in [0.29, 0.717) is 6.42 Å². The van der Waals surface area contributed by atoms with Gasteiger partial charge in [-0.3, -0.25) is 10.1 Å². The lowest BCUT2D eigenvalue weighted by Crippen LogP contribution is -2.40. The Bertz CT molecular complexity index is 192. The van der Waals surface area contributed by atoms with Crippen LogP contribution in [0.5, 0.6) is 0 Å². The summed E-state index contributed by atoms with van der Waals surface area (Å²) in [4.78, 5) is 10.3. The molecule has 0 aromatic rings. The molecule has 0 aromatic carbocycles. The van der Waals surface area contributed by atoms with E-state index in [2.05, 4.69) is 0 Å². The average molecular weight is 175 g/mol. The smallest absolute Gasteiger partial charge is 0.221 e. The summed E-state index contributed by atoms with van der Waals surface area (Å²) < 4.78 is 4.85. The quantitative estimate of drug-likeness (QED) is 0.487. The van der Waals surface area contributed by atoms with Gasteiger partial charge in [-0.1, -0.05) is 0 Å². The van der Waals surface area contributed by atoms with Crippen LogP contribution in [0.3, 0.4) is 0 Å². The molecular formula is C7H13NO4. The van der Waals surface area contributed by atoms with E-state index >= 15 is 0 Å². The van der Waals surface area contributed by atoms with E-state index in [1.807, 2.05) is 0 Å². The molecular weight excluding hydrogens is 162 g/mol. The minimum atomic E-state index is -1.00. The number of ether oxygens (including phenoxy) is 1. The van der Waals surface area contributed by atoms with Gasteiger partial charge >= 0.3 is 0 Å². The van der Waals surface area contributed by atoms with Crippen LogP contribution in [0, 0.1) is 16.0 Å². The second-order valence-electron chi connectivity index (χ2n) is 3.63. The van der Waals surface area contributed by atoms with Crippen molar-refractivity contribution < 1.29 is 14.8 Å². The number of rotatable bonds is 2. The third-order valence-electron chi connectivity index (χ3n) is 2.45. The van der Waals surface area contributed by atoms with E-state index < -0.39 is 11.8 Å². The van der Waals surface area contributed by atoms with Gasteiger partial charge in [0.2, 0.25) is 5.54 Å². The van der Waals surface area contributed by atoms with Crippen molar-refractivity contribution in [3.8, 4) is 0 Å². The summed E-state index contributed by atoms with van der Waals surface area (Å²) in [6.45, 7) is 3.38. The molecule has 1 fully saturated rings. The monoisotopic (exact) mass is 175 g/mol. The van der Waals surface area contributed by atoms with Crippen LogP contribution in [0.1, 0.15) is 20.3 Å². The van der Waals surface area contributed by atoms with Gasteiger partial charge in [0.05, 0.1) is 12.5 Å². The summed E-state index contributed by atoms with van der Waals surface area (Å²) in [5.41, 5.74) is -1.00. The van der Waals surface area contributed by atoms with Crippen LogP contribution in [0.2, 0.25) is 0 Å². The molecule has 70 valence electrons. The SMILES string of the molecule is CC(C)([C@@H]1CO[C@H](O)C1)[N+](=O)[O-]. The maximum atomic E-state index is 10.6. The van der Waals surface area contributed by atoms with Crippen molar-refractivity contribution in [2.24, 2.45) is 5.92 Å². The maximum absolute atomic E-state index is 10.6. The van der Waals surface area contributed by atoms with Gasteiger partial charge in [-0.15, -0.1) is 0 Å².